The maximum atomic E-state index is 10.3. The van der Waals surface area contributed by atoms with E-state index in [4.69, 9.17) is 10.4 Å². The molecule has 1 aromatic carbocycles. The van der Waals surface area contributed by atoms with Crippen molar-refractivity contribution < 1.29 is 9.90 Å². The molecule has 0 amide bonds. The molecule has 0 fully saturated rings. The van der Waals surface area contributed by atoms with Gasteiger partial charge in [-0.15, -0.1) is 0 Å². The van der Waals surface area contributed by atoms with Gasteiger partial charge < -0.3 is 5.11 Å². The van der Waals surface area contributed by atoms with Crippen molar-refractivity contribution in [3.8, 4) is 6.07 Å². The molecule has 4 nitrogen and oxygen atoms in total. The summed E-state index contributed by atoms with van der Waals surface area (Å²) < 4.78 is 0. The minimum atomic E-state index is -0.971. The molecule has 1 atom stereocenters. The molecule has 1 aromatic rings. The summed E-state index contributed by atoms with van der Waals surface area (Å²) in [7, 11) is 0. The number of carboxylic acids is 1. The monoisotopic (exact) mass is 190 g/mol. The van der Waals surface area contributed by atoms with Crippen LogP contribution in [-0.4, -0.2) is 17.6 Å². The number of hydrogen-bond acceptors (Lipinski definition) is 3. The number of nitrogens with one attached hydrogen (secondary N) is 1. The highest BCUT2D eigenvalue weighted by Gasteiger charge is 2.09. The number of rotatable bonds is 4. The molecular weight excluding hydrogens is 180 g/mol. The molecule has 0 spiro atoms. The molecule has 0 aromatic heterocycles. The maximum Gasteiger partial charge on any atom is 0.317 e. The number of aliphatic carboxylic acids is 1. The number of benzene rings is 1. The van der Waals surface area contributed by atoms with Gasteiger partial charge in [0, 0.05) is 0 Å². The summed E-state index contributed by atoms with van der Waals surface area (Å²) in [6, 6.07) is 10.5. The zero-order valence-electron chi connectivity index (χ0n) is 7.47. The van der Waals surface area contributed by atoms with Crippen molar-refractivity contribution in [3.63, 3.8) is 0 Å². The molecule has 0 saturated carbocycles. The van der Waals surface area contributed by atoms with Gasteiger partial charge in [-0.05, 0) is 5.56 Å². The minimum absolute atomic E-state index is 0.215. The van der Waals surface area contributed by atoms with E-state index in [2.05, 4.69) is 5.32 Å². The quantitative estimate of drug-likeness (QED) is 0.740. The predicted octanol–water partition coefficient (Wildman–Crippen LogP) is 0.925. The topological polar surface area (TPSA) is 73.1 Å². The number of carboxylic acid groups (broad SMARTS) is 1. The van der Waals surface area contributed by atoms with Crippen LogP contribution in [0.15, 0.2) is 30.3 Å². The van der Waals surface area contributed by atoms with E-state index in [1.165, 1.54) is 0 Å². The fourth-order valence-corrected chi connectivity index (χ4v) is 1.07. The second-order valence-electron chi connectivity index (χ2n) is 2.75. The lowest BCUT2D eigenvalue weighted by molar-refractivity contribution is -0.136. The fraction of sp³-hybridized carbons (Fsp3) is 0.200. The summed E-state index contributed by atoms with van der Waals surface area (Å²) in [6.07, 6.45) is 0. The van der Waals surface area contributed by atoms with E-state index in [9.17, 15) is 4.79 Å². The van der Waals surface area contributed by atoms with Crippen molar-refractivity contribution in [2.24, 2.45) is 0 Å². The van der Waals surface area contributed by atoms with Crippen LogP contribution in [-0.2, 0) is 4.79 Å². The van der Waals surface area contributed by atoms with Crippen LogP contribution in [0.5, 0.6) is 0 Å². The Kier molecular flexibility index (Phi) is 3.65. The van der Waals surface area contributed by atoms with E-state index >= 15 is 0 Å². The molecule has 0 radical (unpaired) electrons. The fourth-order valence-electron chi connectivity index (χ4n) is 1.07. The molecule has 4 heteroatoms. The molecular formula is C10H10N2O2. The van der Waals surface area contributed by atoms with Gasteiger partial charge in [0.05, 0.1) is 12.6 Å². The van der Waals surface area contributed by atoms with Gasteiger partial charge in [0.1, 0.15) is 6.04 Å². The van der Waals surface area contributed by atoms with E-state index in [-0.39, 0.29) is 6.54 Å². The lowest BCUT2D eigenvalue weighted by atomic mass is 10.1. The highest BCUT2D eigenvalue weighted by Crippen LogP contribution is 2.10. The molecule has 1 rings (SSSR count). The molecule has 0 bridgehead atoms. The second kappa shape index (κ2) is 5.00. The van der Waals surface area contributed by atoms with E-state index in [0.717, 1.165) is 5.56 Å². The van der Waals surface area contributed by atoms with Gasteiger partial charge >= 0.3 is 5.97 Å². The molecule has 0 aliphatic heterocycles. The summed E-state index contributed by atoms with van der Waals surface area (Å²) in [5, 5.41) is 19.8. The zero-order valence-corrected chi connectivity index (χ0v) is 7.47. The summed E-state index contributed by atoms with van der Waals surface area (Å²) in [4.78, 5) is 10.3. The van der Waals surface area contributed by atoms with Crippen molar-refractivity contribution in [1.82, 2.24) is 5.32 Å². The van der Waals surface area contributed by atoms with Crippen molar-refractivity contribution in [3.05, 3.63) is 35.9 Å². The molecule has 0 aliphatic rings. The van der Waals surface area contributed by atoms with Crippen LogP contribution in [0.4, 0.5) is 0 Å². The van der Waals surface area contributed by atoms with Crippen LogP contribution in [0.3, 0.4) is 0 Å². The van der Waals surface area contributed by atoms with Crippen LogP contribution in [0.25, 0.3) is 0 Å². The molecule has 0 heterocycles. The average Bonchev–Trinajstić information content (AvgIpc) is 2.20. The van der Waals surface area contributed by atoms with Crippen LogP contribution in [0.1, 0.15) is 11.6 Å². The standard InChI is InChI=1S/C10H10N2O2/c11-6-9(12-7-10(13)14)8-4-2-1-3-5-8/h1-5,9,12H,7H2,(H,13,14). The van der Waals surface area contributed by atoms with E-state index < -0.39 is 12.0 Å². The largest absolute Gasteiger partial charge is 0.480 e. The van der Waals surface area contributed by atoms with Gasteiger partial charge in [0.25, 0.3) is 0 Å². The lowest BCUT2D eigenvalue weighted by Gasteiger charge is -2.09. The summed E-state index contributed by atoms with van der Waals surface area (Å²) >= 11 is 0. The van der Waals surface area contributed by atoms with Crippen molar-refractivity contribution in [2.45, 2.75) is 6.04 Å². The van der Waals surface area contributed by atoms with Crippen LogP contribution in [0.2, 0.25) is 0 Å². The highest BCUT2D eigenvalue weighted by atomic mass is 16.4. The summed E-state index contributed by atoms with van der Waals surface area (Å²) in [5.41, 5.74) is 0.774. The number of nitrogens with zero attached hydrogens (tertiary/aromatic N) is 1. The van der Waals surface area contributed by atoms with Crippen molar-refractivity contribution >= 4 is 5.97 Å². The predicted molar refractivity (Wildman–Crippen MR) is 50.4 cm³/mol. The smallest absolute Gasteiger partial charge is 0.317 e. The summed E-state index contributed by atoms with van der Waals surface area (Å²) in [6.45, 7) is -0.215. The third-order valence-electron chi connectivity index (χ3n) is 1.72. The Morgan fingerprint density at radius 3 is 2.64 bits per heavy atom. The van der Waals surface area contributed by atoms with E-state index in [1.807, 2.05) is 24.3 Å². The molecule has 2 N–H and O–H groups in total. The van der Waals surface area contributed by atoms with Gasteiger partial charge in [-0.1, -0.05) is 30.3 Å². The SMILES string of the molecule is N#CC(NCC(=O)O)c1ccccc1. The Labute approximate surface area is 81.8 Å². The van der Waals surface area contributed by atoms with Gasteiger partial charge in [-0.25, -0.2) is 0 Å². The Morgan fingerprint density at radius 1 is 1.50 bits per heavy atom. The number of carbonyl (C=O) groups is 1. The lowest BCUT2D eigenvalue weighted by Crippen LogP contribution is -2.26. The summed E-state index contributed by atoms with van der Waals surface area (Å²) in [5.74, 6) is -0.971. The first-order valence-corrected chi connectivity index (χ1v) is 4.14. The second-order valence-corrected chi connectivity index (χ2v) is 2.75. The third kappa shape index (κ3) is 2.88. The van der Waals surface area contributed by atoms with Crippen LogP contribution in [0, 0.1) is 11.3 Å². The maximum absolute atomic E-state index is 10.3. The van der Waals surface area contributed by atoms with Gasteiger partial charge in [0.15, 0.2) is 0 Å². The first-order valence-electron chi connectivity index (χ1n) is 4.14. The van der Waals surface area contributed by atoms with Crippen molar-refractivity contribution in [1.29, 1.82) is 5.26 Å². The zero-order chi connectivity index (χ0) is 10.4. The number of nitriles is 1. The minimum Gasteiger partial charge on any atom is -0.480 e. The van der Waals surface area contributed by atoms with Crippen LogP contribution < -0.4 is 5.32 Å². The Hall–Kier alpha value is -1.86. The molecule has 72 valence electrons. The first kappa shape index (κ1) is 10.2. The molecule has 0 aliphatic carbocycles. The van der Waals surface area contributed by atoms with E-state index in [0.29, 0.717) is 0 Å². The molecule has 14 heavy (non-hydrogen) atoms. The number of hydrogen-bond donors (Lipinski definition) is 2. The van der Waals surface area contributed by atoms with Gasteiger partial charge in [-0.3, -0.25) is 10.1 Å². The van der Waals surface area contributed by atoms with Crippen molar-refractivity contribution in [2.75, 3.05) is 6.54 Å². The first-order chi connectivity index (χ1) is 6.74. The normalized spacial score (nSPS) is 11.6. The molecule has 0 saturated heterocycles. The Morgan fingerprint density at radius 2 is 2.14 bits per heavy atom. The Balaban J connectivity index is 2.65. The van der Waals surface area contributed by atoms with Crippen LogP contribution >= 0.6 is 0 Å². The Bertz CT molecular complexity index is 343. The average molecular weight is 190 g/mol. The molecule has 1 unspecified atom stereocenters. The highest BCUT2D eigenvalue weighted by molar-refractivity contribution is 5.69. The van der Waals surface area contributed by atoms with Gasteiger partial charge in [-0.2, -0.15) is 5.26 Å². The van der Waals surface area contributed by atoms with E-state index in [1.54, 1.807) is 12.1 Å². The van der Waals surface area contributed by atoms with Gasteiger partial charge in [0.2, 0.25) is 0 Å². The third-order valence-corrected chi connectivity index (χ3v) is 1.72.